The topological polar surface area (TPSA) is 118 Å². The van der Waals surface area contributed by atoms with Crippen LogP contribution in [0.15, 0.2) is 0 Å². The van der Waals surface area contributed by atoms with Crippen LogP contribution in [0.5, 0.6) is 0 Å². The monoisotopic (exact) mass is 347 g/mol. The molecule has 0 heterocycles. The lowest BCUT2D eigenvalue weighted by molar-refractivity contribution is -0.120. The fourth-order valence-corrected chi connectivity index (χ4v) is 2.46. The lowest BCUT2D eigenvalue weighted by Gasteiger charge is -2.15. The number of hydrogen-bond donors (Lipinski definition) is 2. The largest absolute Gasteiger partial charge is 0.425 e. The van der Waals surface area contributed by atoms with Crippen LogP contribution in [-0.4, -0.2) is 53.8 Å². The third kappa shape index (κ3) is 15.7. The van der Waals surface area contributed by atoms with Crippen molar-refractivity contribution < 1.29 is 26.9 Å². The van der Waals surface area contributed by atoms with Gasteiger partial charge in [0.1, 0.15) is 0 Å². The summed E-state index contributed by atoms with van der Waals surface area (Å²) >= 11 is 1.71. The maximum atomic E-state index is 11.6. The molecule has 0 spiro atoms. The van der Waals surface area contributed by atoms with Crippen LogP contribution < -0.4 is 5.32 Å². The first kappa shape index (κ1) is 21.9. The van der Waals surface area contributed by atoms with Gasteiger partial charge in [0.05, 0.1) is 0 Å². The number of carbonyl (C=O) groups is 1. The van der Waals surface area contributed by atoms with Crippen LogP contribution in [0.2, 0.25) is 0 Å². The van der Waals surface area contributed by atoms with Crippen molar-refractivity contribution in [1.29, 1.82) is 0 Å². The van der Waals surface area contributed by atoms with E-state index in [2.05, 4.69) is 5.32 Å². The van der Waals surface area contributed by atoms with Crippen molar-refractivity contribution >= 4 is 35.6 Å². The molecular weight excluding hydrogens is 325 g/mol. The van der Waals surface area contributed by atoms with Crippen molar-refractivity contribution in [1.82, 2.24) is 5.32 Å². The van der Waals surface area contributed by atoms with Gasteiger partial charge in [0.2, 0.25) is 13.3 Å². The summed E-state index contributed by atoms with van der Waals surface area (Å²) in [4.78, 5) is 20.8. The van der Waals surface area contributed by atoms with Crippen molar-refractivity contribution in [3.8, 4) is 0 Å². The summed E-state index contributed by atoms with van der Waals surface area (Å²) in [6.45, 7) is 3.74. The second-order valence-electron chi connectivity index (χ2n) is 4.22. The van der Waals surface area contributed by atoms with Crippen LogP contribution in [0, 0.1) is 0 Å². The van der Waals surface area contributed by atoms with E-state index in [0.717, 1.165) is 12.2 Å². The first-order valence-electron chi connectivity index (χ1n) is 5.97. The fourth-order valence-electron chi connectivity index (χ4n) is 1.08. The Balaban J connectivity index is 0. The highest BCUT2D eigenvalue weighted by atomic mass is 32.2. The second-order valence-corrected chi connectivity index (χ2v) is 8.61. The predicted molar refractivity (Wildman–Crippen MR) is 80.2 cm³/mol. The van der Waals surface area contributed by atoms with Gasteiger partial charge in [-0.3, -0.25) is 9.36 Å². The smallest absolute Gasteiger partial charge is 0.356 e. The molecule has 0 saturated heterocycles. The molecule has 0 aliphatic heterocycles. The average Bonchev–Trinajstić information content (AvgIpc) is 2.28. The van der Waals surface area contributed by atoms with Gasteiger partial charge in [-0.1, -0.05) is 13.8 Å². The molecule has 0 radical (unpaired) electrons. The number of rotatable bonds is 8. The van der Waals surface area contributed by atoms with Crippen LogP contribution in [-0.2, 0) is 20.0 Å². The molecular formula is C10H22NO6PS2. The van der Waals surface area contributed by atoms with E-state index >= 15 is 0 Å². The van der Waals surface area contributed by atoms with Crippen LogP contribution >= 0.6 is 19.1 Å². The summed E-state index contributed by atoms with van der Waals surface area (Å²) in [5.41, 5.74) is -0.235. The summed E-state index contributed by atoms with van der Waals surface area (Å²) in [7, 11) is -6.18. The van der Waals surface area contributed by atoms with Gasteiger partial charge in [-0.2, -0.15) is 11.8 Å². The minimum atomic E-state index is -3.11. The van der Waals surface area contributed by atoms with Crippen molar-refractivity contribution in [3.63, 3.8) is 0 Å². The summed E-state index contributed by atoms with van der Waals surface area (Å²) in [5, 5.41) is 2.67. The third-order valence-electron chi connectivity index (χ3n) is 2.31. The Morgan fingerprint density at radius 3 is 2.25 bits per heavy atom. The van der Waals surface area contributed by atoms with E-state index in [1.165, 1.54) is 0 Å². The number of carbonyl (C=O) groups excluding carboxylic acids is 1. The molecule has 0 aromatic rings. The highest BCUT2D eigenvalue weighted by molar-refractivity contribution is 7.98. The Morgan fingerprint density at radius 2 is 1.85 bits per heavy atom. The van der Waals surface area contributed by atoms with E-state index in [9.17, 15) is 14.3 Å². The summed E-state index contributed by atoms with van der Waals surface area (Å²) < 4.78 is 36.9. The van der Waals surface area contributed by atoms with Gasteiger partial charge in [0.15, 0.2) is 0 Å². The molecule has 1 atom stereocenters. The molecule has 7 nitrogen and oxygen atoms in total. The van der Waals surface area contributed by atoms with E-state index in [4.69, 9.17) is 12.6 Å². The molecule has 0 rings (SSSR count). The van der Waals surface area contributed by atoms with Gasteiger partial charge in [0.25, 0.3) is 0 Å². The van der Waals surface area contributed by atoms with E-state index < -0.39 is 18.0 Å². The van der Waals surface area contributed by atoms with Crippen molar-refractivity contribution in [2.24, 2.45) is 0 Å². The van der Waals surface area contributed by atoms with E-state index in [0.29, 0.717) is 13.0 Å². The van der Waals surface area contributed by atoms with E-state index in [1.807, 2.05) is 6.26 Å². The van der Waals surface area contributed by atoms with Gasteiger partial charge < -0.3 is 10.2 Å². The zero-order chi connectivity index (χ0) is 16.2. The Morgan fingerprint density at radius 1 is 1.35 bits per heavy atom. The number of hydrogen-bond acceptors (Lipinski definition) is 6. The van der Waals surface area contributed by atoms with Crippen LogP contribution in [0.3, 0.4) is 0 Å². The zero-order valence-electron chi connectivity index (χ0n) is 11.9. The van der Waals surface area contributed by atoms with Crippen LogP contribution in [0.25, 0.3) is 0 Å². The van der Waals surface area contributed by atoms with Gasteiger partial charge in [-0.15, -0.1) is 12.6 Å². The van der Waals surface area contributed by atoms with Gasteiger partial charge in [-0.25, -0.2) is 0 Å². The summed E-state index contributed by atoms with van der Waals surface area (Å²) in [6.07, 6.45) is 3.52. The lowest BCUT2D eigenvalue weighted by atomic mass is 10.3. The maximum Gasteiger partial charge on any atom is 0.425 e. The first-order chi connectivity index (χ1) is 9.13. The molecule has 20 heavy (non-hydrogen) atoms. The highest BCUT2D eigenvalue weighted by Gasteiger charge is 2.22. The van der Waals surface area contributed by atoms with Gasteiger partial charge in [-0.05, 0) is 18.4 Å². The van der Waals surface area contributed by atoms with Crippen molar-refractivity contribution in [2.45, 2.75) is 32.3 Å². The molecule has 0 aliphatic rings. The standard InChI is InChI=1S/C10H22NO3PS.O3S/c1-9(2)15(13,14)7-6-11-10(12)5-4-8-16-3;1-4(2)3/h9H,4-8H2,1-3H3,(H,11,12)(H,13,14);. The normalized spacial score (nSPS) is 13.1. The Hall–Kier alpha value is -0.370. The van der Waals surface area contributed by atoms with Gasteiger partial charge in [0, 0.05) is 24.8 Å². The van der Waals surface area contributed by atoms with E-state index in [-0.39, 0.29) is 17.7 Å². The molecule has 0 bridgehead atoms. The molecule has 0 saturated carbocycles. The molecule has 0 aliphatic carbocycles. The molecule has 0 fully saturated rings. The minimum absolute atomic E-state index is 0.0298. The average molecular weight is 347 g/mol. The minimum Gasteiger partial charge on any atom is -0.356 e. The van der Waals surface area contributed by atoms with Crippen molar-refractivity contribution in [2.75, 3.05) is 24.7 Å². The Labute approximate surface area is 125 Å². The molecule has 0 aromatic carbocycles. The Bertz CT molecular complexity index is 415. The summed E-state index contributed by atoms with van der Waals surface area (Å²) in [5.74, 6) is 0.940. The second kappa shape index (κ2) is 12.4. The fraction of sp³-hybridized carbons (Fsp3) is 0.900. The predicted octanol–water partition coefficient (Wildman–Crippen LogP) is 0.921. The molecule has 120 valence electrons. The maximum absolute atomic E-state index is 11.6. The molecule has 0 aromatic heterocycles. The quantitative estimate of drug-likeness (QED) is 0.495. The SMILES string of the molecule is CSCCCC(=O)NCCP(=O)(O)C(C)C.O=S(=O)=O. The molecule has 10 heteroatoms. The number of amides is 1. The number of thioether (sulfide) groups is 1. The third-order valence-corrected chi connectivity index (χ3v) is 5.49. The van der Waals surface area contributed by atoms with Crippen LogP contribution in [0.4, 0.5) is 0 Å². The summed E-state index contributed by atoms with van der Waals surface area (Å²) in [6, 6.07) is 0. The molecule has 1 amide bonds. The van der Waals surface area contributed by atoms with Gasteiger partial charge >= 0.3 is 10.6 Å². The van der Waals surface area contributed by atoms with Crippen molar-refractivity contribution in [3.05, 3.63) is 0 Å². The lowest BCUT2D eigenvalue weighted by Crippen LogP contribution is -2.27. The zero-order valence-corrected chi connectivity index (χ0v) is 14.4. The van der Waals surface area contributed by atoms with E-state index in [1.54, 1.807) is 25.6 Å². The van der Waals surface area contributed by atoms with Crippen LogP contribution in [0.1, 0.15) is 26.7 Å². The Kier molecular flexibility index (Phi) is 13.6. The molecule has 1 unspecified atom stereocenters. The molecule has 2 N–H and O–H groups in total. The number of nitrogens with one attached hydrogen (secondary N) is 1. The highest BCUT2D eigenvalue weighted by Crippen LogP contribution is 2.44. The first-order valence-corrected chi connectivity index (χ1v) is 10.3.